The molecule has 0 aromatic heterocycles. The number of hydrogen-bond acceptors (Lipinski definition) is 3. The van der Waals surface area contributed by atoms with E-state index in [1.807, 2.05) is 79.7 Å². The summed E-state index contributed by atoms with van der Waals surface area (Å²) in [6, 6.07) is 26.8. The zero-order valence-electron chi connectivity index (χ0n) is 17.4. The highest BCUT2D eigenvalue weighted by atomic mass is 79.9. The van der Waals surface area contributed by atoms with Crippen molar-refractivity contribution in [2.24, 2.45) is 0 Å². The molecule has 3 nitrogen and oxygen atoms in total. The van der Waals surface area contributed by atoms with Crippen LogP contribution in [-0.2, 0) is 21.0 Å². The first kappa shape index (κ1) is 22.0. The van der Waals surface area contributed by atoms with Crippen LogP contribution in [0.2, 0.25) is 0 Å². The van der Waals surface area contributed by atoms with Gasteiger partial charge in [-0.1, -0.05) is 94.3 Å². The van der Waals surface area contributed by atoms with Gasteiger partial charge in [0.05, 0.1) is 22.0 Å². The predicted molar refractivity (Wildman–Crippen MR) is 129 cm³/mol. The molecular formula is C26H25BrO3S. The minimum absolute atomic E-state index is 0.0964. The molecule has 0 fully saturated rings. The third-order valence-electron chi connectivity index (χ3n) is 5.56. The van der Waals surface area contributed by atoms with E-state index in [0.717, 1.165) is 22.3 Å². The Morgan fingerprint density at radius 3 is 2.13 bits per heavy atom. The maximum atomic E-state index is 13.9. The molecule has 5 heteroatoms. The molecule has 0 aliphatic carbocycles. The smallest absolute Gasteiger partial charge is 0.205 e. The van der Waals surface area contributed by atoms with E-state index < -0.39 is 15.9 Å². The van der Waals surface area contributed by atoms with Crippen LogP contribution in [0.25, 0.3) is 5.57 Å². The van der Waals surface area contributed by atoms with Crippen molar-refractivity contribution in [3.8, 4) is 0 Å². The van der Waals surface area contributed by atoms with Gasteiger partial charge in [0.25, 0.3) is 0 Å². The maximum Gasteiger partial charge on any atom is 0.205 e. The Kier molecular flexibility index (Phi) is 6.75. The minimum Gasteiger partial charge on any atom is -0.368 e. The number of alkyl halides is 1. The molecule has 0 saturated heterocycles. The van der Waals surface area contributed by atoms with Crippen LogP contribution in [0.5, 0.6) is 0 Å². The topological polar surface area (TPSA) is 43.4 Å². The monoisotopic (exact) mass is 496 g/mol. The van der Waals surface area contributed by atoms with Crippen molar-refractivity contribution in [2.75, 3.05) is 5.33 Å². The van der Waals surface area contributed by atoms with Crippen molar-refractivity contribution < 1.29 is 13.2 Å². The number of halogens is 1. The van der Waals surface area contributed by atoms with Crippen LogP contribution in [0.4, 0.5) is 0 Å². The molecule has 160 valence electrons. The van der Waals surface area contributed by atoms with Crippen molar-refractivity contribution in [3.63, 3.8) is 0 Å². The predicted octanol–water partition coefficient (Wildman–Crippen LogP) is 5.98. The molecule has 0 bridgehead atoms. The van der Waals surface area contributed by atoms with Crippen LogP contribution in [-0.4, -0.2) is 26.0 Å². The molecular weight excluding hydrogens is 472 g/mol. The lowest BCUT2D eigenvalue weighted by atomic mass is 9.93. The average Bonchev–Trinajstić information content (AvgIpc) is 2.80. The van der Waals surface area contributed by atoms with E-state index >= 15 is 0 Å². The van der Waals surface area contributed by atoms with Crippen LogP contribution < -0.4 is 0 Å². The van der Waals surface area contributed by atoms with Gasteiger partial charge < -0.3 is 4.74 Å². The van der Waals surface area contributed by atoms with Gasteiger partial charge in [-0.05, 0) is 35.8 Å². The molecule has 0 amide bonds. The van der Waals surface area contributed by atoms with E-state index in [1.54, 1.807) is 12.1 Å². The molecule has 2 atom stereocenters. The van der Waals surface area contributed by atoms with Crippen LogP contribution in [0.1, 0.15) is 23.1 Å². The van der Waals surface area contributed by atoms with Crippen LogP contribution in [0, 0.1) is 6.92 Å². The van der Waals surface area contributed by atoms with Gasteiger partial charge in [-0.2, -0.15) is 0 Å². The highest BCUT2D eigenvalue weighted by Crippen LogP contribution is 2.40. The normalized spacial score (nSPS) is 19.4. The lowest BCUT2D eigenvalue weighted by molar-refractivity contribution is 0.0212. The molecule has 1 heterocycles. The van der Waals surface area contributed by atoms with Gasteiger partial charge >= 0.3 is 0 Å². The Morgan fingerprint density at radius 1 is 0.903 bits per heavy atom. The largest absolute Gasteiger partial charge is 0.368 e. The molecule has 4 rings (SSSR count). The van der Waals surface area contributed by atoms with Crippen LogP contribution >= 0.6 is 15.9 Å². The molecule has 1 aliphatic rings. The van der Waals surface area contributed by atoms with Gasteiger partial charge in [0.2, 0.25) is 9.84 Å². The SMILES string of the molecule is Cc1ccc(S(=O)(=O)C2=C(c3ccccc3)C[C@@H](CBr)O[C@H]2Cc2ccccc2)cc1. The van der Waals surface area contributed by atoms with E-state index in [-0.39, 0.29) is 6.10 Å². The number of benzene rings is 3. The van der Waals surface area contributed by atoms with Crippen LogP contribution in [0.15, 0.2) is 94.7 Å². The second kappa shape index (κ2) is 9.51. The number of ether oxygens (including phenoxy) is 1. The summed E-state index contributed by atoms with van der Waals surface area (Å²) in [5.41, 5.74) is 3.85. The summed E-state index contributed by atoms with van der Waals surface area (Å²) in [5, 5.41) is 0.645. The van der Waals surface area contributed by atoms with E-state index in [2.05, 4.69) is 15.9 Å². The third kappa shape index (κ3) is 4.84. The summed E-state index contributed by atoms with van der Waals surface area (Å²) < 4.78 is 34.2. The molecule has 3 aromatic rings. The van der Waals surface area contributed by atoms with E-state index in [1.165, 1.54) is 0 Å². The fourth-order valence-corrected chi connectivity index (χ4v) is 6.14. The standard InChI is InChI=1S/C26H25BrO3S/c1-19-12-14-23(15-13-19)31(28,29)26-24(21-10-6-3-7-11-21)17-22(18-27)30-25(26)16-20-8-4-2-5-9-20/h2-15,22,25H,16-18H2,1H3/t22-,25-/m0/s1. The van der Waals surface area contributed by atoms with Crippen LogP contribution in [0.3, 0.4) is 0 Å². The Bertz CT molecular complexity index is 1150. The summed E-state index contributed by atoms with van der Waals surface area (Å²) in [6.07, 6.45) is 0.392. The highest BCUT2D eigenvalue weighted by Gasteiger charge is 2.38. The number of sulfone groups is 1. The summed E-state index contributed by atoms with van der Waals surface area (Å²) in [4.78, 5) is 0.684. The van der Waals surface area contributed by atoms with Gasteiger partial charge in [-0.25, -0.2) is 8.42 Å². The number of aryl methyl sites for hydroxylation is 1. The van der Waals surface area contributed by atoms with Gasteiger partial charge in [0, 0.05) is 18.2 Å². The zero-order chi connectivity index (χ0) is 21.8. The molecule has 0 N–H and O–H groups in total. The third-order valence-corrected chi connectivity index (χ3v) is 8.26. The highest BCUT2D eigenvalue weighted by molar-refractivity contribution is 9.09. The Labute approximate surface area is 192 Å². The van der Waals surface area contributed by atoms with E-state index in [4.69, 9.17) is 4.74 Å². The Hall–Kier alpha value is -2.21. The maximum absolute atomic E-state index is 13.9. The van der Waals surface area contributed by atoms with Crippen molar-refractivity contribution in [1.82, 2.24) is 0 Å². The molecule has 0 radical (unpaired) electrons. The Balaban J connectivity index is 1.90. The van der Waals surface area contributed by atoms with Crippen molar-refractivity contribution >= 4 is 31.3 Å². The van der Waals surface area contributed by atoms with Gasteiger partial charge in [-0.15, -0.1) is 0 Å². The van der Waals surface area contributed by atoms with Crippen molar-refractivity contribution in [3.05, 3.63) is 107 Å². The number of rotatable bonds is 6. The molecule has 0 spiro atoms. The second-order valence-corrected chi connectivity index (χ2v) is 10.4. The summed E-state index contributed by atoms with van der Waals surface area (Å²) >= 11 is 3.55. The first-order chi connectivity index (χ1) is 15.0. The summed E-state index contributed by atoms with van der Waals surface area (Å²) in [6.45, 7) is 1.95. The first-order valence-corrected chi connectivity index (χ1v) is 12.9. The number of hydrogen-bond donors (Lipinski definition) is 0. The van der Waals surface area contributed by atoms with Gasteiger partial charge in [-0.3, -0.25) is 0 Å². The summed E-state index contributed by atoms with van der Waals surface area (Å²) in [7, 11) is -3.74. The fourth-order valence-electron chi connectivity index (χ4n) is 4.00. The Morgan fingerprint density at radius 2 is 1.52 bits per heavy atom. The molecule has 31 heavy (non-hydrogen) atoms. The fraction of sp³-hybridized carbons (Fsp3) is 0.231. The van der Waals surface area contributed by atoms with Crippen molar-refractivity contribution in [1.29, 1.82) is 0 Å². The lowest BCUT2D eigenvalue weighted by Gasteiger charge is -2.34. The minimum atomic E-state index is -3.74. The molecule has 0 saturated carbocycles. The second-order valence-electron chi connectivity index (χ2n) is 7.82. The lowest BCUT2D eigenvalue weighted by Crippen LogP contribution is -2.35. The quantitative estimate of drug-likeness (QED) is 0.394. The van der Waals surface area contributed by atoms with E-state index in [0.29, 0.717) is 28.0 Å². The first-order valence-electron chi connectivity index (χ1n) is 10.3. The van der Waals surface area contributed by atoms with Gasteiger partial charge in [0.1, 0.15) is 0 Å². The average molecular weight is 497 g/mol. The zero-order valence-corrected chi connectivity index (χ0v) is 19.8. The summed E-state index contributed by atoms with van der Waals surface area (Å²) in [5.74, 6) is 0. The molecule has 1 aliphatic heterocycles. The molecule has 0 unspecified atom stereocenters. The van der Waals surface area contributed by atoms with Gasteiger partial charge in [0.15, 0.2) is 0 Å². The molecule has 3 aromatic carbocycles. The van der Waals surface area contributed by atoms with E-state index in [9.17, 15) is 8.42 Å². The van der Waals surface area contributed by atoms with Crippen molar-refractivity contribution in [2.45, 2.75) is 36.9 Å².